The first-order chi connectivity index (χ1) is 3.27. The van der Waals surface area contributed by atoms with Gasteiger partial charge in [-0.1, -0.05) is 0 Å². The summed E-state index contributed by atoms with van der Waals surface area (Å²) in [5.41, 5.74) is 0. The van der Waals surface area contributed by atoms with Crippen LogP contribution in [0.1, 0.15) is 0 Å². The van der Waals surface area contributed by atoms with E-state index in [4.69, 9.17) is 0 Å². The Balaban J connectivity index is 2.68. The molecular weight excluding hydrogens is 86.9 g/mol. The molecule has 0 heterocycles. The summed E-state index contributed by atoms with van der Waals surface area (Å²) in [5, 5.41) is 3.06. The number of nitrogens with one attached hydrogen (secondary N) is 1. The van der Waals surface area contributed by atoms with Crippen molar-refractivity contribution in [1.29, 1.82) is 0 Å². The van der Waals surface area contributed by atoms with Gasteiger partial charge in [0.1, 0.15) is 0 Å². The van der Waals surface area contributed by atoms with Crippen LogP contribution >= 0.6 is 0 Å². The molecule has 0 unspecified atom stereocenters. The van der Waals surface area contributed by atoms with Crippen LogP contribution in [-0.4, -0.2) is 40.0 Å². The van der Waals surface area contributed by atoms with Crippen LogP contribution < -0.4 is 5.32 Å². The monoisotopic (exact) mass is 100 g/mol. The van der Waals surface area contributed by atoms with Gasteiger partial charge in [-0.05, 0) is 20.6 Å². The number of likely N-dealkylation sites (N-methyl/N-ethyl adjacent to an activating group) is 2. The lowest BCUT2D eigenvalue weighted by atomic mass is 10.3. The SMILES string of the molecule is BN(C)CCNC. The molecule has 0 amide bonds. The minimum atomic E-state index is 1.08. The second-order valence-corrected chi connectivity index (χ2v) is 1.91. The highest BCUT2D eigenvalue weighted by atomic mass is 15.0. The molecule has 2 nitrogen and oxygen atoms in total. The predicted molar refractivity (Wildman–Crippen MR) is 35.1 cm³/mol. The third kappa shape index (κ3) is 5.98. The molecule has 0 radical (unpaired) electrons. The molecule has 42 valence electrons. The average molecular weight is 100.0 g/mol. The molecule has 0 aliphatic carbocycles. The van der Waals surface area contributed by atoms with E-state index >= 15 is 0 Å². The number of hydrogen-bond acceptors (Lipinski definition) is 2. The lowest BCUT2D eigenvalue weighted by molar-refractivity contribution is 0.531. The van der Waals surface area contributed by atoms with Crippen LogP contribution in [0, 0.1) is 0 Å². The van der Waals surface area contributed by atoms with Gasteiger partial charge in [0.15, 0.2) is 7.98 Å². The first-order valence-corrected chi connectivity index (χ1v) is 2.56. The Bertz CT molecular complexity index is 38.7. The zero-order valence-corrected chi connectivity index (χ0v) is 5.36. The second-order valence-electron chi connectivity index (χ2n) is 1.91. The Hall–Kier alpha value is -0.0151. The summed E-state index contributed by atoms with van der Waals surface area (Å²) in [6.07, 6.45) is 0. The van der Waals surface area contributed by atoms with Gasteiger partial charge in [0.2, 0.25) is 0 Å². The van der Waals surface area contributed by atoms with E-state index in [2.05, 4.69) is 25.2 Å². The highest BCUT2D eigenvalue weighted by Crippen LogP contribution is 1.65. The van der Waals surface area contributed by atoms with Crippen molar-refractivity contribution in [3.05, 3.63) is 0 Å². The quantitative estimate of drug-likeness (QED) is 0.443. The summed E-state index contributed by atoms with van der Waals surface area (Å²) in [7, 11) is 6.10. The molecule has 0 rings (SSSR count). The lowest BCUT2D eigenvalue weighted by Crippen LogP contribution is -2.24. The van der Waals surface area contributed by atoms with Gasteiger partial charge in [-0.2, -0.15) is 0 Å². The molecule has 0 atom stereocenters. The van der Waals surface area contributed by atoms with E-state index in [-0.39, 0.29) is 0 Å². The smallest absolute Gasteiger partial charge is 0.185 e. The van der Waals surface area contributed by atoms with Crippen LogP contribution in [0.5, 0.6) is 0 Å². The van der Waals surface area contributed by atoms with Crippen molar-refractivity contribution in [2.45, 2.75) is 0 Å². The molecule has 0 saturated carbocycles. The Morgan fingerprint density at radius 3 is 2.43 bits per heavy atom. The zero-order chi connectivity index (χ0) is 5.70. The van der Waals surface area contributed by atoms with Gasteiger partial charge in [-0.25, -0.2) is 0 Å². The molecule has 0 fully saturated rings. The van der Waals surface area contributed by atoms with Crippen molar-refractivity contribution in [2.75, 3.05) is 27.2 Å². The molecule has 0 aliphatic heterocycles. The third-order valence-electron chi connectivity index (χ3n) is 0.809. The standard InChI is InChI=1S/C4H13BN2/c1-6-3-4-7(2)5/h6H,3-5H2,1-2H3. The highest BCUT2D eigenvalue weighted by Gasteiger charge is 1.82. The molecule has 0 aliphatic rings. The molecule has 7 heavy (non-hydrogen) atoms. The Labute approximate surface area is 46.3 Å². The van der Waals surface area contributed by atoms with Crippen LogP contribution in [0.15, 0.2) is 0 Å². The maximum absolute atomic E-state index is 3.06. The van der Waals surface area contributed by atoms with Crippen LogP contribution in [0.25, 0.3) is 0 Å². The first kappa shape index (κ1) is 6.98. The average Bonchev–Trinajstić information content (AvgIpc) is 1.61. The van der Waals surface area contributed by atoms with Crippen molar-refractivity contribution in [3.63, 3.8) is 0 Å². The number of rotatable bonds is 3. The molecule has 0 bridgehead atoms. The van der Waals surface area contributed by atoms with Crippen molar-refractivity contribution in [2.24, 2.45) is 0 Å². The molecule has 0 aromatic heterocycles. The van der Waals surface area contributed by atoms with Gasteiger partial charge in [-0.15, -0.1) is 0 Å². The first-order valence-electron chi connectivity index (χ1n) is 2.56. The summed E-state index contributed by atoms with van der Waals surface area (Å²) in [4.78, 5) is 2.15. The van der Waals surface area contributed by atoms with E-state index in [1.54, 1.807) is 0 Å². The van der Waals surface area contributed by atoms with E-state index < -0.39 is 0 Å². The molecule has 1 N–H and O–H groups in total. The van der Waals surface area contributed by atoms with Crippen molar-refractivity contribution in [1.82, 2.24) is 10.1 Å². The Kier molecular flexibility index (Phi) is 4.14. The van der Waals surface area contributed by atoms with Gasteiger partial charge < -0.3 is 10.1 Å². The number of nitrogens with zero attached hydrogens (tertiary/aromatic N) is 1. The van der Waals surface area contributed by atoms with Crippen LogP contribution in [0.4, 0.5) is 0 Å². The fourth-order valence-electron chi connectivity index (χ4n) is 0.335. The molecule has 0 spiro atoms. The molecule has 0 aromatic carbocycles. The van der Waals surface area contributed by atoms with Gasteiger partial charge in [0.25, 0.3) is 0 Å². The third-order valence-corrected chi connectivity index (χ3v) is 0.809. The molecule has 3 heteroatoms. The molecule has 0 aromatic rings. The van der Waals surface area contributed by atoms with Crippen molar-refractivity contribution < 1.29 is 0 Å². The van der Waals surface area contributed by atoms with Gasteiger partial charge in [0, 0.05) is 6.54 Å². The Morgan fingerprint density at radius 2 is 2.29 bits per heavy atom. The van der Waals surface area contributed by atoms with E-state index in [0.29, 0.717) is 0 Å². The van der Waals surface area contributed by atoms with Crippen LogP contribution in [0.3, 0.4) is 0 Å². The number of hydrogen-bond donors (Lipinski definition) is 1. The summed E-state index contributed by atoms with van der Waals surface area (Å²) in [5.74, 6) is 0. The molecule has 0 saturated heterocycles. The van der Waals surface area contributed by atoms with Gasteiger partial charge in [-0.3, -0.25) is 0 Å². The van der Waals surface area contributed by atoms with Gasteiger partial charge in [0.05, 0.1) is 0 Å². The maximum atomic E-state index is 3.06. The zero-order valence-electron chi connectivity index (χ0n) is 5.36. The largest absolute Gasteiger partial charge is 0.350 e. The summed E-state index contributed by atoms with van der Waals surface area (Å²) in [6, 6.07) is 0. The van der Waals surface area contributed by atoms with E-state index in [9.17, 15) is 0 Å². The van der Waals surface area contributed by atoms with Crippen LogP contribution in [-0.2, 0) is 0 Å². The minimum Gasteiger partial charge on any atom is -0.350 e. The van der Waals surface area contributed by atoms with Crippen LogP contribution in [0.2, 0.25) is 0 Å². The lowest BCUT2D eigenvalue weighted by Gasteiger charge is -2.06. The highest BCUT2D eigenvalue weighted by molar-refractivity contribution is 6.04. The van der Waals surface area contributed by atoms with Crippen molar-refractivity contribution >= 4 is 7.98 Å². The topological polar surface area (TPSA) is 15.3 Å². The summed E-state index contributed by atoms with van der Waals surface area (Å²) < 4.78 is 0. The summed E-state index contributed by atoms with van der Waals surface area (Å²) in [6.45, 7) is 2.20. The van der Waals surface area contributed by atoms with E-state index in [1.807, 2.05) is 7.05 Å². The summed E-state index contributed by atoms with van der Waals surface area (Å²) >= 11 is 0. The van der Waals surface area contributed by atoms with E-state index in [0.717, 1.165) is 13.1 Å². The van der Waals surface area contributed by atoms with Gasteiger partial charge >= 0.3 is 0 Å². The Morgan fingerprint density at radius 1 is 1.71 bits per heavy atom. The van der Waals surface area contributed by atoms with Crippen molar-refractivity contribution in [3.8, 4) is 0 Å². The maximum Gasteiger partial charge on any atom is 0.185 e. The minimum absolute atomic E-state index is 1.08. The predicted octanol–water partition coefficient (Wildman–Crippen LogP) is -1.31. The second kappa shape index (κ2) is 4.15. The fourth-order valence-corrected chi connectivity index (χ4v) is 0.335. The fraction of sp³-hybridized carbons (Fsp3) is 1.00. The normalized spacial score (nSPS) is 10.1. The molecular formula is C4H13BN2. The van der Waals surface area contributed by atoms with E-state index in [1.165, 1.54) is 0 Å².